The van der Waals surface area contributed by atoms with Crippen molar-refractivity contribution < 1.29 is 0 Å². The zero-order chi connectivity index (χ0) is 12.1. The first-order valence-corrected chi connectivity index (χ1v) is 6.49. The summed E-state index contributed by atoms with van der Waals surface area (Å²) in [4.78, 5) is 11.1. The number of hydrogen-bond donors (Lipinski definition) is 1. The first kappa shape index (κ1) is 12.3. The highest BCUT2D eigenvalue weighted by molar-refractivity contribution is 5.31. The molecular formula is C13H22N4. The van der Waals surface area contributed by atoms with Crippen LogP contribution in [0.5, 0.6) is 0 Å². The zero-order valence-electron chi connectivity index (χ0n) is 10.8. The molecule has 1 N–H and O–H groups in total. The van der Waals surface area contributed by atoms with Crippen molar-refractivity contribution in [3.63, 3.8) is 0 Å². The Labute approximate surface area is 103 Å². The van der Waals surface area contributed by atoms with E-state index in [4.69, 9.17) is 0 Å². The van der Waals surface area contributed by atoms with Crippen LogP contribution in [-0.2, 0) is 0 Å². The number of nitrogens with zero attached hydrogens (tertiary/aromatic N) is 3. The molecule has 4 nitrogen and oxygen atoms in total. The lowest BCUT2D eigenvalue weighted by Gasteiger charge is -2.20. The Kier molecular flexibility index (Phi) is 4.31. The molecule has 0 amide bonds. The minimum Gasteiger partial charge on any atom is -0.368 e. The Balaban J connectivity index is 1.73. The molecule has 0 bridgehead atoms. The van der Waals surface area contributed by atoms with Gasteiger partial charge in [-0.1, -0.05) is 6.92 Å². The third-order valence-corrected chi connectivity index (χ3v) is 3.16. The van der Waals surface area contributed by atoms with Gasteiger partial charge in [-0.3, -0.25) is 4.98 Å². The topological polar surface area (TPSA) is 41.1 Å². The van der Waals surface area contributed by atoms with E-state index in [1.807, 2.05) is 6.92 Å². The van der Waals surface area contributed by atoms with Gasteiger partial charge in [0, 0.05) is 19.3 Å². The lowest BCUT2D eigenvalue weighted by atomic mass is 10.1. The number of nitrogens with one attached hydrogen (secondary N) is 1. The lowest BCUT2D eigenvalue weighted by molar-refractivity contribution is 0.294. The van der Waals surface area contributed by atoms with E-state index in [-0.39, 0.29) is 0 Å². The summed E-state index contributed by atoms with van der Waals surface area (Å²) in [5.74, 6) is 1.54. The highest BCUT2D eigenvalue weighted by Crippen LogP contribution is 2.11. The average Bonchev–Trinajstić information content (AvgIpc) is 2.79. The van der Waals surface area contributed by atoms with Crippen molar-refractivity contribution in [2.24, 2.45) is 5.92 Å². The number of anilines is 1. The second-order valence-electron chi connectivity index (χ2n) is 5.04. The number of aryl methyl sites for hydroxylation is 1. The summed E-state index contributed by atoms with van der Waals surface area (Å²) in [5.41, 5.74) is 0.960. The molecule has 0 saturated carbocycles. The van der Waals surface area contributed by atoms with Crippen LogP contribution in [0.25, 0.3) is 0 Å². The molecule has 1 aromatic heterocycles. The summed E-state index contributed by atoms with van der Waals surface area (Å²) in [6, 6.07) is 0. The van der Waals surface area contributed by atoms with E-state index < -0.39 is 0 Å². The van der Waals surface area contributed by atoms with E-state index in [1.165, 1.54) is 32.5 Å². The van der Waals surface area contributed by atoms with Gasteiger partial charge in [0.2, 0.25) is 0 Å². The first-order chi connectivity index (χ1) is 8.24. The largest absolute Gasteiger partial charge is 0.368 e. The Morgan fingerprint density at radius 2 is 2.12 bits per heavy atom. The van der Waals surface area contributed by atoms with Crippen LogP contribution in [0.2, 0.25) is 0 Å². The SMILES string of the molecule is Cc1cncc(NC[C@H](C)CN2CCCC2)n1. The standard InChI is InChI=1S/C13H22N4/c1-11(10-17-5-3-4-6-17)7-15-13-9-14-8-12(2)16-13/h8-9,11H,3-7,10H2,1-2H3,(H,15,16)/t11-/m0/s1. The van der Waals surface area contributed by atoms with Crippen LogP contribution in [0.1, 0.15) is 25.5 Å². The van der Waals surface area contributed by atoms with Gasteiger partial charge in [0.1, 0.15) is 5.82 Å². The van der Waals surface area contributed by atoms with Crippen molar-refractivity contribution >= 4 is 5.82 Å². The van der Waals surface area contributed by atoms with Crippen LogP contribution >= 0.6 is 0 Å². The molecule has 94 valence electrons. The third-order valence-electron chi connectivity index (χ3n) is 3.16. The number of hydrogen-bond acceptors (Lipinski definition) is 4. The molecule has 2 rings (SSSR count). The first-order valence-electron chi connectivity index (χ1n) is 6.49. The smallest absolute Gasteiger partial charge is 0.144 e. The molecule has 1 fully saturated rings. The molecule has 0 radical (unpaired) electrons. The van der Waals surface area contributed by atoms with Crippen LogP contribution < -0.4 is 5.32 Å². The predicted octanol–water partition coefficient (Wildman–Crippen LogP) is 1.93. The molecule has 0 unspecified atom stereocenters. The summed E-state index contributed by atoms with van der Waals surface area (Å²) in [5, 5.41) is 3.36. The van der Waals surface area contributed by atoms with Gasteiger partial charge in [0.15, 0.2) is 0 Å². The Morgan fingerprint density at radius 1 is 1.35 bits per heavy atom. The van der Waals surface area contributed by atoms with Gasteiger partial charge < -0.3 is 10.2 Å². The van der Waals surface area contributed by atoms with Crippen molar-refractivity contribution in [2.45, 2.75) is 26.7 Å². The number of aromatic nitrogens is 2. The molecule has 1 aliphatic heterocycles. The van der Waals surface area contributed by atoms with E-state index >= 15 is 0 Å². The molecular weight excluding hydrogens is 212 g/mol. The van der Waals surface area contributed by atoms with Crippen LogP contribution in [-0.4, -0.2) is 41.0 Å². The van der Waals surface area contributed by atoms with Crippen LogP contribution in [0.15, 0.2) is 12.4 Å². The maximum absolute atomic E-state index is 4.39. The van der Waals surface area contributed by atoms with E-state index in [0.29, 0.717) is 5.92 Å². The zero-order valence-corrected chi connectivity index (χ0v) is 10.8. The molecule has 0 spiro atoms. The highest BCUT2D eigenvalue weighted by Gasteiger charge is 2.14. The van der Waals surface area contributed by atoms with Gasteiger partial charge in [-0.25, -0.2) is 4.98 Å². The van der Waals surface area contributed by atoms with Crippen LogP contribution in [0, 0.1) is 12.8 Å². The molecule has 2 heterocycles. The monoisotopic (exact) mass is 234 g/mol. The van der Waals surface area contributed by atoms with Crippen molar-refractivity contribution in [2.75, 3.05) is 31.5 Å². The maximum atomic E-state index is 4.39. The molecule has 0 aliphatic carbocycles. The summed E-state index contributed by atoms with van der Waals surface area (Å²) in [6.07, 6.45) is 6.29. The van der Waals surface area contributed by atoms with Crippen molar-refractivity contribution in [1.82, 2.24) is 14.9 Å². The summed E-state index contributed by atoms with van der Waals surface area (Å²) in [6.45, 7) is 8.95. The highest BCUT2D eigenvalue weighted by atomic mass is 15.1. The molecule has 1 saturated heterocycles. The van der Waals surface area contributed by atoms with E-state index in [1.54, 1.807) is 12.4 Å². The predicted molar refractivity (Wildman–Crippen MR) is 70.1 cm³/mol. The van der Waals surface area contributed by atoms with Crippen LogP contribution in [0.3, 0.4) is 0 Å². The van der Waals surface area contributed by atoms with Gasteiger partial charge in [0.25, 0.3) is 0 Å². The summed E-state index contributed by atoms with van der Waals surface area (Å²) in [7, 11) is 0. The van der Waals surface area contributed by atoms with E-state index in [2.05, 4.69) is 27.1 Å². The molecule has 1 aromatic rings. The van der Waals surface area contributed by atoms with Gasteiger partial charge in [-0.2, -0.15) is 0 Å². The lowest BCUT2D eigenvalue weighted by Crippen LogP contribution is -2.29. The number of likely N-dealkylation sites (tertiary alicyclic amines) is 1. The normalized spacial score (nSPS) is 18.2. The molecule has 0 aromatic carbocycles. The summed E-state index contributed by atoms with van der Waals surface area (Å²) < 4.78 is 0. The number of rotatable bonds is 5. The Bertz CT molecular complexity index is 347. The molecule has 4 heteroatoms. The summed E-state index contributed by atoms with van der Waals surface area (Å²) >= 11 is 0. The maximum Gasteiger partial charge on any atom is 0.144 e. The van der Waals surface area contributed by atoms with Crippen molar-refractivity contribution in [3.8, 4) is 0 Å². The fraction of sp³-hybridized carbons (Fsp3) is 0.692. The van der Waals surface area contributed by atoms with E-state index in [0.717, 1.165) is 18.1 Å². The minimum absolute atomic E-state index is 0.649. The average molecular weight is 234 g/mol. The molecule has 1 atom stereocenters. The second kappa shape index (κ2) is 5.96. The quantitative estimate of drug-likeness (QED) is 0.845. The van der Waals surface area contributed by atoms with E-state index in [9.17, 15) is 0 Å². The Hall–Kier alpha value is -1.16. The molecule has 17 heavy (non-hydrogen) atoms. The fourth-order valence-electron chi connectivity index (χ4n) is 2.30. The van der Waals surface area contributed by atoms with Gasteiger partial charge in [-0.05, 0) is 38.8 Å². The van der Waals surface area contributed by atoms with Gasteiger partial charge in [-0.15, -0.1) is 0 Å². The minimum atomic E-state index is 0.649. The molecule has 1 aliphatic rings. The van der Waals surface area contributed by atoms with Crippen molar-refractivity contribution in [1.29, 1.82) is 0 Å². The van der Waals surface area contributed by atoms with Gasteiger partial charge >= 0.3 is 0 Å². The fourth-order valence-corrected chi connectivity index (χ4v) is 2.30. The Morgan fingerprint density at radius 3 is 2.82 bits per heavy atom. The second-order valence-corrected chi connectivity index (χ2v) is 5.04. The van der Waals surface area contributed by atoms with Crippen molar-refractivity contribution in [3.05, 3.63) is 18.1 Å². The van der Waals surface area contributed by atoms with Gasteiger partial charge in [0.05, 0.1) is 11.9 Å². The third kappa shape index (κ3) is 3.97. The van der Waals surface area contributed by atoms with Crippen LogP contribution in [0.4, 0.5) is 5.82 Å².